The molecule has 1 aliphatic heterocycles. The molecule has 1 aliphatic rings. The van der Waals surface area contributed by atoms with Crippen molar-refractivity contribution in [3.05, 3.63) is 53.9 Å². The van der Waals surface area contributed by atoms with Gasteiger partial charge in [-0.1, -0.05) is 19.9 Å². The van der Waals surface area contributed by atoms with Crippen molar-refractivity contribution in [1.82, 2.24) is 0 Å². The van der Waals surface area contributed by atoms with E-state index in [-0.39, 0.29) is 0 Å². The lowest BCUT2D eigenvalue weighted by Crippen LogP contribution is -2.31. The van der Waals surface area contributed by atoms with Gasteiger partial charge in [-0.3, -0.25) is 0 Å². The number of ether oxygens (including phenoxy) is 1. The predicted octanol–water partition coefficient (Wildman–Crippen LogP) is 5.62. The Morgan fingerprint density at radius 1 is 1.04 bits per heavy atom. The number of hydrogen-bond acceptors (Lipinski definition) is 2. The van der Waals surface area contributed by atoms with Crippen molar-refractivity contribution in [2.45, 2.75) is 26.7 Å². The van der Waals surface area contributed by atoms with Gasteiger partial charge < -0.3 is 9.15 Å². The van der Waals surface area contributed by atoms with Gasteiger partial charge in [0.1, 0.15) is 24.1 Å². The molecule has 3 heteroatoms. The zero-order valence-corrected chi connectivity index (χ0v) is 14.9. The van der Waals surface area contributed by atoms with E-state index in [1.165, 1.54) is 27.6 Å². The van der Waals surface area contributed by atoms with Crippen LogP contribution in [0.2, 0.25) is 0 Å². The lowest BCUT2D eigenvalue weighted by atomic mass is 9.91. The molecule has 0 saturated carbocycles. The van der Waals surface area contributed by atoms with Crippen LogP contribution in [0.15, 0.2) is 47.2 Å². The zero-order valence-electron chi connectivity index (χ0n) is 14.9. The van der Waals surface area contributed by atoms with Gasteiger partial charge >= 0.3 is 0 Å². The predicted molar refractivity (Wildman–Crippen MR) is 99.2 cm³/mol. The first-order valence-corrected chi connectivity index (χ1v) is 8.70. The Labute approximate surface area is 146 Å². The molecular formula is C22H20NO2+. The van der Waals surface area contributed by atoms with E-state index in [1.54, 1.807) is 6.26 Å². The second-order valence-corrected chi connectivity index (χ2v) is 7.22. The first kappa shape index (κ1) is 14.5. The minimum atomic E-state index is 0.456. The molecule has 5 rings (SSSR count). The topological polar surface area (TPSA) is 26.2 Å². The minimum Gasteiger partial charge on any atom is -0.464 e. The third kappa shape index (κ3) is 1.89. The first-order valence-electron chi connectivity index (χ1n) is 8.70. The highest BCUT2D eigenvalue weighted by atomic mass is 16.5. The van der Waals surface area contributed by atoms with E-state index < -0.39 is 0 Å². The Hall–Kier alpha value is -2.81. The quantitative estimate of drug-likeness (QED) is 0.373. The maximum Gasteiger partial charge on any atom is 0.228 e. The summed E-state index contributed by atoms with van der Waals surface area (Å²) in [6, 6.07) is 10.7. The maximum atomic E-state index is 6.38. The molecule has 124 valence electrons. The second kappa shape index (κ2) is 4.85. The van der Waals surface area contributed by atoms with E-state index in [1.807, 2.05) is 12.1 Å². The highest BCUT2D eigenvalue weighted by Crippen LogP contribution is 2.48. The van der Waals surface area contributed by atoms with E-state index >= 15 is 0 Å². The summed E-state index contributed by atoms with van der Waals surface area (Å²) in [7, 11) is 2.10. The largest absolute Gasteiger partial charge is 0.464 e. The average molecular weight is 330 g/mol. The summed E-state index contributed by atoms with van der Waals surface area (Å²) in [5.41, 5.74) is 5.73. The van der Waals surface area contributed by atoms with Crippen LogP contribution in [-0.2, 0) is 7.05 Å². The molecule has 0 amide bonds. The Kier molecular flexibility index (Phi) is 2.82. The molecular weight excluding hydrogens is 310 g/mol. The number of nitrogens with zero attached hydrogens (tertiary/aromatic N) is 1. The van der Waals surface area contributed by atoms with Crippen LogP contribution >= 0.6 is 0 Å². The van der Waals surface area contributed by atoms with Crippen LogP contribution in [0, 0.1) is 6.92 Å². The van der Waals surface area contributed by atoms with E-state index in [4.69, 9.17) is 9.15 Å². The molecule has 0 aliphatic carbocycles. The molecule has 0 atom stereocenters. The Bertz CT molecular complexity index is 1170. The molecule has 2 aromatic heterocycles. The fourth-order valence-electron chi connectivity index (χ4n) is 3.95. The van der Waals surface area contributed by atoms with Gasteiger partial charge in [0.2, 0.25) is 5.69 Å². The molecule has 3 nitrogen and oxygen atoms in total. The van der Waals surface area contributed by atoms with Gasteiger partial charge in [0, 0.05) is 17.5 Å². The van der Waals surface area contributed by atoms with E-state index in [0.29, 0.717) is 5.92 Å². The third-order valence-electron chi connectivity index (χ3n) is 5.33. The monoisotopic (exact) mass is 330 g/mol. The highest BCUT2D eigenvalue weighted by Gasteiger charge is 2.31. The lowest BCUT2D eigenvalue weighted by molar-refractivity contribution is -0.659. The first-order chi connectivity index (χ1) is 12.0. The molecule has 25 heavy (non-hydrogen) atoms. The highest BCUT2D eigenvalue weighted by molar-refractivity contribution is 6.04. The Morgan fingerprint density at radius 3 is 2.68 bits per heavy atom. The van der Waals surface area contributed by atoms with Crippen LogP contribution in [0.5, 0.6) is 11.5 Å². The molecule has 2 aromatic carbocycles. The van der Waals surface area contributed by atoms with Gasteiger partial charge in [-0.05, 0) is 41.5 Å². The Balaban J connectivity index is 1.96. The van der Waals surface area contributed by atoms with Crippen molar-refractivity contribution >= 4 is 21.7 Å². The molecule has 0 bridgehead atoms. The summed E-state index contributed by atoms with van der Waals surface area (Å²) in [6.07, 6.45) is 3.88. The average Bonchev–Trinajstić information content (AvgIpc) is 3.05. The summed E-state index contributed by atoms with van der Waals surface area (Å²) >= 11 is 0. The van der Waals surface area contributed by atoms with Crippen molar-refractivity contribution in [3.8, 4) is 22.8 Å². The van der Waals surface area contributed by atoms with Gasteiger partial charge in [0.25, 0.3) is 0 Å². The molecule has 0 unspecified atom stereocenters. The number of rotatable bonds is 1. The summed E-state index contributed by atoms with van der Waals surface area (Å²) in [4.78, 5) is 0. The van der Waals surface area contributed by atoms with Crippen molar-refractivity contribution < 1.29 is 13.7 Å². The van der Waals surface area contributed by atoms with Crippen molar-refractivity contribution in [3.63, 3.8) is 0 Å². The van der Waals surface area contributed by atoms with Crippen molar-refractivity contribution in [2.24, 2.45) is 7.05 Å². The number of fused-ring (bicyclic) bond motifs is 3. The normalized spacial score (nSPS) is 12.7. The summed E-state index contributed by atoms with van der Waals surface area (Å²) in [6.45, 7) is 6.57. The van der Waals surface area contributed by atoms with Gasteiger partial charge in [-0.2, -0.15) is 0 Å². The fourth-order valence-corrected chi connectivity index (χ4v) is 3.95. The van der Waals surface area contributed by atoms with Crippen LogP contribution < -0.4 is 9.30 Å². The summed E-state index contributed by atoms with van der Waals surface area (Å²) < 4.78 is 14.2. The van der Waals surface area contributed by atoms with Gasteiger partial charge in [-0.15, -0.1) is 0 Å². The summed E-state index contributed by atoms with van der Waals surface area (Å²) in [5.74, 6) is 2.26. The van der Waals surface area contributed by atoms with Crippen LogP contribution in [0.4, 0.5) is 0 Å². The standard InChI is InChI=1S/C22H20NO2/c1-12(2)15-9-14-5-7-23(4)22-20-13(3)16-6-8-24-17(16)11-19(20)25-18(10-15)21(14)22/h5-12H,1-4H3/q+1. The maximum absolute atomic E-state index is 6.38. The number of hydrogen-bond donors (Lipinski definition) is 0. The van der Waals surface area contributed by atoms with Crippen LogP contribution in [0.3, 0.4) is 0 Å². The molecule has 0 N–H and O–H groups in total. The number of furan rings is 1. The van der Waals surface area contributed by atoms with Crippen molar-refractivity contribution in [1.29, 1.82) is 0 Å². The zero-order chi connectivity index (χ0) is 17.3. The Morgan fingerprint density at radius 2 is 1.88 bits per heavy atom. The van der Waals surface area contributed by atoms with E-state index in [0.717, 1.165) is 28.0 Å². The smallest absolute Gasteiger partial charge is 0.228 e. The summed E-state index contributed by atoms with van der Waals surface area (Å²) in [5, 5.41) is 3.56. The number of pyridine rings is 1. The van der Waals surface area contributed by atoms with Crippen LogP contribution in [-0.4, -0.2) is 0 Å². The SMILES string of the molecule is Cc1c2c(cc3occc13)Oc1cc(C(C)C)cc3cc[n+](C)c-2c13. The van der Waals surface area contributed by atoms with Crippen molar-refractivity contribution in [2.75, 3.05) is 0 Å². The third-order valence-corrected chi connectivity index (χ3v) is 5.33. The molecule has 0 saturated heterocycles. The number of aromatic nitrogens is 1. The number of benzene rings is 2. The second-order valence-electron chi connectivity index (χ2n) is 7.22. The number of aryl methyl sites for hydroxylation is 2. The minimum absolute atomic E-state index is 0.456. The molecule has 0 fully saturated rings. The van der Waals surface area contributed by atoms with E-state index in [2.05, 4.69) is 56.8 Å². The van der Waals surface area contributed by atoms with Crippen LogP contribution in [0.25, 0.3) is 33.0 Å². The molecule has 3 heterocycles. The lowest BCUT2D eigenvalue weighted by Gasteiger charge is -2.22. The molecule has 0 radical (unpaired) electrons. The van der Waals surface area contributed by atoms with E-state index in [9.17, 15) is 0 Å². The molecule has 4 aromatic rings. The van der Waals surface area contributed by atoms with Crippen LogP contribution in [0.1, 0.15) is 30.9 Å². The van der Waals surface area contributed by atoms with Gasteiger partial charge in [0.15, 0.2) is 6.20 Å². The van der Waals surface area contributed by atoms with Gasteiger partial charge in [0.05, 0.1) is 17.2 Å². The molecule has 0 spiro atoms. The van der Waals surface area contributed by atoms with Gasteiger partial charge in [-0.25, -0.2) is 4.57 Å². The fraction of sp³-hybridized carbons (Fsp3) is 0.227.